The van der Waals surface area contributed by atoms with Gasteiger partial charge in [0.05, 0.1) is 21.7 Å². The maximum Gasteiger partial charge on any atom is 0.316 e. The van der Waals surface area contributed by atoms with E-state index in [1.165, 1.54) is 0 Å². The monoisotopic (exact) mass is 498 g/mol. The van der Waals surface area contributed by atoms with Crippen molar-refractivity contribution < 1.29 is 42.9 Å². The average molecular weight is 499 g/mol. The maximum atomic E-state index is 12.8. The van der Waals surface area contributed by atoms with Crippen molar-refractivity contribution in [2.24, 2.45) is 21.7 Å². The van der Waals surface area contributed by atoms with Crippen LogP contribution < -0.4 is 0 Å². The Morgan fingerprint density at radius 2 is 1.11 bits per heavy atom. The Labute approximate surface area is 208 Å². The van der Waals surface area contributed by atoms with E-state index in [1.807, 2.05) is 0 Å². The van der Waals surface area contributed by atoms with Gasteiger partial charge in [0.2, 0.25) is 6.10 Å². The van der Waals surface area contributed by atoms with Gasteiger partial charge in [-0.05, 0) is 83.1 Å². The lowest BCUT2D eigenvalue weighted by Crippen LogP contribution is -2.52. The molecule has 0 spiro atoms. The Morgan fingerprint density at radius 3 is 1.54 bits per heavy atom. The minimum atomic E-state index is -1.30. The van der Waals surface area contributed by atoms with Crippen LogP contribution in [0, 0.1) is 21.7 Å². The predicted octanol–water partition coefficient (Wildman–Crippen LogP) is 4.32. The molecule has 9 heteroatoms. The van der Waals surface area contributed by atoms with E-state index in [0.717, 1.165) is 6.26 Å². The Bertz CT molecular complexity index is 842. The highest BCUT2D eigenvalue weighted by Gasteiger charge is 2.47. The first-order valence-corrected chi connectivity index (χ1v) is 11.7. The van der Waals surface area contributed by atoms with Crippen LogP contribution in [0.4, 0.5) is 0 Å². The summed E-state index contributed by atoms with van der Waals surface area (Å²) in [6.45, 7) is 19.8. The number of esters is 4. The van der Waals surface area contributed by atoms with Gasteiger partial charge < -0.3 is 23.7 Å². The molecule has 1 heterocycles. The summed E-state index contributed by atoms with van der Waals surface area (Å²) in [5, 5.41) is 0. The normalized spacial score (nSPS) is 21.3. The second kappa shape index (κ2) is 10.6. The molecule has 35 heavy (non-hydrogen) atoms. The number of carbonyl (C=O) groups excluding carboxylic acids is 4. The Balaban J connectivity index is 3.45. The average Bonchev–Trinajstić information content (AvgIpc) is 2.65. The van der Waals surface area contributed by atoms with Gasteiger partial charge in [-0.1, -0.05) is 0 Å². The quantitative estimate of drug-likeness (QED) is 0.404. The number of hydrogen-bond donors (Lipinski definition) is 0. The molecule has 0 saturated heterocycles. The van der Waals surface area contributed by atoms with Gasteiger partial charge in [-0.25, -0.2) is 0 Å². The molecule has 0 bridgehead atoms. The van der Waals surface area contributed by atoms with Crippen LogP contribution in [-0.2, 0) is 42.9 Å². The van der Waals surface area contributed by atoms with Crippen molar-refractivity contribution in [3.63, 3.8) is 0 Å². The van der Waals surface area contributed by atoms with E-state index < -0.39 is 63.8 Å². The third kappa shape index (κ3) is 8.85. The second-order valence-corrected chi connectivity index (χ2v) is 12.9. The number of rotatable bonds is 5. The van der Waals surface area contributed by atoms with E-state index in [1.54, 1.807) is 83.1 Å². The standard InChI is InChI=1S/C26H42O9/c1-23(2,3)19(27)32-13-15-17(34-21(29)25(7,8)9)18(35-22(30)26(10,11)12)16(14-31-15)33-20(28)24(4,5)6/h14-15,17-18H,13H2,1-12H3/t15-,17+,18-/m1/s1. The number of hydrogen-bond acceptors (Lipinski definition) is 9. The van der Waals surface area contributed by atoms with Gasteiger partial charge >= 0.3 is 23.9 Å². The van der Waals surface area contributed by atoms with Crippen LogP contribution in [0.5, 0.6) is 0 Å². The first-order valence-electron chi connectivity index (χ1n) is 11.7. The summed E-state index contributed by atoms with van der Waals surface area (Å²) in [4.78, 5) is 50.6. The molecule has 9 nitrogen and oxygen atoms in total. The van der Waals surface area contributed by atoms with Crippen molar-refractivity contribution in [2.45, 2.75) is 101 Å². The van der Waals surface area contributed by atoms with E-state index in [-0.39, 0.29) is 12.4 Å². The van der Waals surface area contributed by atoms with Gasteiger partial charge in [-0.3, -0.25) is 19.2 Å². The predicted molar refractivity (Wildman–Crippen MR) is 128 cm³/mol. The van der Waals surface area contributed by atoms with Gasteiger partial charge in [-0.2, -0.15) is 0 Å². The van der Waals surface area contributed by atoms with Gasteiger partial charge in [0.25, 0.3) is 0 Å². The molecular formula is C26H42O9. The summed E-state index contributed by atoms with van der Waals surface area (Å²) in [5.74, 6) is -2.41. The van der Waals surface area contributed by atoms with Crippen LogP contribution in [0.25, 0.3) is 0 Å². The summed E-state index contributed by atoms with van der Waals surface area (Å²) < 4.78 is 28.1. The van der Waals surface area contributed by atoms with Crippen molar-refractivity contribution in [1.82, 2.24) is 0 Å². The van der Waals surface area contributed by atoms with Gasteiger partial charge in [0.1, 0.15) is 12.9 Å². The third-order valence-corrected chi connectivity index (χ3v) is 4.82. The third-order valence-electron chi connectivity index (χ3n) is 4.82. The Kier molecular flexibility index (Phi) is 9.21. The molecule has 1 rings (SSSR count). The molecule has 0 N–H and O–H groups in total. The fourth-order valence-corrected chi connectivity index (χ4v) is 2.36. The zero-order valence-electron chi connectivity index (χ0n) is 23.2. The lowest BCUT2D eigenvalue weighted by molar-refractivity contribution is -0.198. The van der Waals surface area contributed by atoms with Crippen LogP contribution in [0.15, 0.2) is 12.0 Å². The first kappa shape index (κ1) is 30.5. The van der Waals surface area contributed by atoms with Crippen LogP contribution >= 0.6 is 0 Å². The van der Waals surface area contributed by atoms with Gasteiger partial charge in [0, 0.05) is 0 Å². The molecule has 200 valence electrons. The fraction of sp³-hybridized carbons (Fsp3) is 0.769. The van der Waals surface area contributed by atoms with Crippen LogP contribution in [-0.4, -0.2) is 48.8 Å². The molecule has 0 amide bonds. The molecule has 0 aliphatic carbocycles. The molecule has 0 aromatic rings. The van der Waals surface area contributed by atoms with Crippen LogP contribution in [0.3, 0.4) is 0 Å². The van der Waals surface area contributed by atoms with Crippen molar-refractivity contribution in [3.8, 4) is 0 Å². The summed E-state index contributed by atoms with van der Waals surface area (Å²) in [5.41, 5.74) is -3.43. The summed E-state index contributed by atoms with van der Waals surface area (Å²) >= 11 is 0. The summed E-state index contributed by atoms with van der Waals surface area (Å²) in [7, 11) is 0. The molecule has 0 radical (unpaired) electrons. The van der Waals surface area contributed by atoms with Crippen LogP contribution in [0.1, 0.15) is 83.1 Å². The van der Waals surface area contributed by atoms with E-state index in [9.17, 15) is 19.2 Å². The highest BCUT2D eigenvalue weighted by atomic mass is 16.6. The van der Waals surface area contributed by atoms with Crippen molar-refractivity contribution in [2.75, 3.05) is 6.61 Å². The molecular weight excluding hydrogens is 456 g/mol. The van der Waals surface area contributed by atoms with E-state index in [2.05, 4.69) is 0 Å². The highest BCUT2D eigenvalue weighted by molar-refractivity contribution is 5.78. The first-order chi connectivity index (χ1) is 15.5. The maximum absolute atomic E-state index is 12.8. The molecule has 0 aromatic heterocycles. The summed E-state index contributed by atoms with van der Waals surface area (Å²) in [6, 6.07) is 0. The number of ether oxygens (including phenoxy) is 5. The molecule has 0 aromatic carbocycles. The second-order valence-electron chi connectivity index (χ2n) is 12.9. The lowest BCUT2D eigenvalue weighted by atomic mass is 9.95. The van der Waals surface area contributed by atoms with Crippen molar-refractivity contribution >= 4 is 23.9 Å². The molecule has 3 atom stereocenters. The van der Waals surface area contributed by atoms with E-state index in [4.69, 9.17) is 23.7 Å². The van der Waals surface area contributed by atoms with Crippen molar-refractivity contribution in [3.05, 3.63) is 12.0 Å². The molecule has 1 aliphatic rings. The Hall–Kier alpha value is -2.58. The van der Waals surface area contributed by atoms with Crippen LogP contribution in [0.2, 0.25) is 0 Å². The smallest absolute Gasteiger partial charge is 0.316 e. The molecule has 0 unspecified atom stereocenters. The SMILES string of the molecule is CC(C)(C)C(=O)OC[C@H]1OC=C(OC(=O)C(C)(C)C)[C@@H](OC(=O)C(C)(C)C)[C@H]1OC(=O)C(C)(C)C. The molecule has 0 fully saturated rings. The minimum absolute atomic E-state index is 0.118. The van der Waals surface area contributed by atoms with Gasteiger partial charge in [-0.15, -0.1) is 0 Å². The fourth-order valence-electron chi connectivity index (χ4n) is 2.36. The van der Waals surface area contributed by atoms with Gasteiger partial charge in [0.15, 0.2) is 18.0 Å². The Morgan fingerprint density at radius 1 is 0.686 bits per heavy atom. The highest BCUT2D eigenvalue weighted by Crippen LogP contribution is 2.32. The van der Waals surface area contributed by atoms with E-state index >= 15 is 0 Å². The topological polar surface area (TPSA) is 114 Å². The minimum Gasteiger partial charge on any atom is -0.487 e. The van der Waals surface area contributed by atoms with Crippen molar-refractivity contribution in [1.29, 1.82) is 0 Å². The zero-order valence-corrected chi connectivity index (χ0v) is 23.2. The largest absolute Gasteiger partial charge is 0.487 e. The zero-order chi connectivity index (χ0) is 27.6. The van der Waals surface area contributed by atoms with E-state index in [0.29, 0.717) is 0 Å². The summed E-state index contributed by atoms with van der Waals surface area (Å²) in [6.07, 6.45) is -2.41. The lowest BCUT2D eigenvalue weighted by Gasteiger charge is -2.38. The number of carbonyl (C=O) groups is 4. The molecule has 0 saturated carbocycles. The molecule has 1 aliphatic heterocycles.